The molecule has 1 rings (SSSR count). The molecule has 0 radical (unpaired) electrons. The zero-order valence-corrected chi connectivity index (χ0v) is 9.92. The maximum atomic E-state index is 12.7. The monoisotopic (exact) mass is 280 g/mol. The summed E-state index contributed by atoms with van der Waals surface area (Å²) in [6, 6.07) is 3.25. The van der Waals surface area contributed by atoms with Crippen LogP contribution in [-0.4, -0.2) is 24.8 Å². The third-order valence-electron chi connectivity index (χ3n) is 2.21. The molecule has 0 saturated carbocycles. The Morgan fingerprint density at radius 1 is 1.47 bits per heavy atom. The molecule has 1 atom stereocenters. The van der Waals surface area contributed by atoms with Crippen molar-refractivity contribution >= 4 is 17.3 Å². The van der Waals surface area contributed by atoms with E-state index in [0.29, 0.717) is 0 Å². The van der Waals surface area contributed by atoms with Crippen LogP contribution in [0, 0.1) is 5.82 Å². The topological polar surface area (TPSA) is 64.3 Å². The SMILES string of the molecule is CC(OCC(=O)Nc1ccc(F)cc1N)C(F)(F)F. The molecule has 1 aromatic rings. The van der Waals surface area contributed by atoms with E-state index >= 15 is 0 Å². The van der Waals surface area contributed by atoms with Crippen molar-refractivity contribution in [2.24, 2.45) is 0 Å². The number of nitrogens with two attached hydrogens (primary N) is 1. The van der Waals surface area contributed by atoms with Gasteiger partial charge in [0.15, 0.2) is 6.10 Å². The minimum absolute atomic E-state index is 0.0304. The van der Waals surface area contributed by atoms with Crippen molar-refractivity contribution in [3.05, 3.63) is 24.0 Å². The standard InChI is InChI=1S/C11H12F4N2O2/c1-6(11(13,14)15)19-5-10(18)17-9-3-2-7(12)4-8(9)16/h2-4,6H,5,16H2,1H3,(H,17,18). The lowest BCUT2D eigenvalue weighted by atomic mass is 10.2. The molecule has 0 heterocycles. The number of benzene rings is 1. The van der Waals surface area contributed by atoms with E-state index in [-0.39, 0.29) is 11.4 Å². The van der Waals surface area contributed by atoms with E-state index in [1.807, 2.05) is 0 Å². The highest BCUT2D eigenvalue weighted by Gasteiger charge is 2.37. The van der Waals surface area contributed by atoms with Crippen LogP contribution in [0.25, 0.3) is 0 Å². The van der Waals surface area contributed by atoms with Crippen molar-refractivity contribution < 1.29 is 27.1 Å². The summed E-state index contributed by atoms with van der Waals surface area (Å²) in [5.41, 5.74) is 5.50. The Labute approximate surface area is 106 Å². The lowest BCUT2D eigenvalue weighted by molar-refractivity contribution is -0.213. The predicted molar refractivity (Wildman–Crippen MR) is 60.9 cm³/mol. The molecule has 106 valence electrons. The normalized spacial score (nSPS) is 13.1. The van der Waals surface area contributed by atoms with E-state index in [9.17, 15) is 22.4 Å². The molecule has 1 unspecified atom stereocenters. The van der Waals surface area contributed by atoms with Crippen LogP contribution < -0.4 is 11.1 Å². The molecular formula is C11H12F4N2O2. The summed E-state index contributed by atoms with van der Waals surface area (Å²) in [7, 11) is 0. The number of amides is 1. The molecular weight excluding hydrogens is 268 g/mol. The summed E-state index contributed by atoms with van der Waals surface area (Å²) in [5, 5.41) is 2.22. The molecule has 0 fully saturated rings. The zero-order valence-electron chi connectivity index (χ0n) is 9.92. The Morgan fingerprint density at radius 2 is 2.11 bits per heavy atom. The molecule has 8 heteroatoms. The molecule has 0 saturated heterocycles. The van der Waals surface area contributed by atoms with Crippen LogP contribution in [0.5, 0.6) is 0 Å². The first kappa shape index (κ1) is 15.2. The fraction of sp³-hybridized carbons (Fsp3) is 0.364. The number of rotatable bonds is 4. The first-order valence-electron chi connectivity index (χ1n) is 5.23. The van der Waals surface area contributed by atoms with E-state index in [1.165, 1.54) is 6.07 Å². The van der Waals surface area contributed by atoms with Gasteiger partial charge >= 0.3 is 6.18 Å². The second-order valence-electron chi connectivity index (χ2n) is 3.77. The number of alkyl halides is 3. The third-order valence-corrected chi connectivity index (χ3v) is 2.21. The number of hydrogen-bond acceptors (Lipinski definition) is 3. The number of carbonyl (C=O) groups excluding carboxylic acids is 1. The molecule has 0 aliphatic rings. The smallest absolute Gasteiger partial charge is 0.397 e. The predicted octanol–water partition coefficient (Wildman–Crippen LogP) is 2.31. The molecule has 3 N–H and O–H groups in total. The van der Waals surface area contributed by atoms with E-state index in [1.54, 1.807) is 0 Å². The van der Waals surface area contributed by atoms with E-state index in [0.717, 1.165) is 19.1 Å². The molecule has 0 aliphatic carbocycles. The highest BCUT2D eigenvalue weighted by molar-refractivity contribution is 5.94. The summed E-state index contributed by atoms with van der Waals surface area (Å²) >= 11 is 0. The fourth-order valence-electron chi connectivity index (χ4n) is 1.13. The van der Waals surface area contributed by atoms with Crippen molar-refractivity contribution in [3.63, 3.8) is 0 Å². The van der Waals surface area contributed by atoms with Crippen LogP contribution in [-0.2, 0) is 9.53 Å². The second kappa shape index (κ2) is 5.87. The van der Waals surface area contributed by atoms with Gasteiger partial charge in [0, 0.05) is 0 Å². The summed E-state index contributed by atoms with van der Waals surface area (Å²) in [6.07, 6.45) is -6.58. The molecule has 1 aromatic carbocycles. The number of hydrogen-bond donors (Lipinski definition) is 2. The lowest BCUT2D eigenvalue weighted by Crippen LogP contribution is -2.32. The number of nitrogens with one attached hydrogen (secondary N) is 1. The maximum Gasteiger partial charge on any atom is 0.414 e. The van der Waals surface area contributed by atoms with Crippen molar-refractivity contribution in [3.8, 4) is 0 Å². The zero-order chi connectivity index (χ0) is 14.6. The second-order valence-corrected chi connectivity index (χ2v) is 3.77. The van der Waals surface area contributed by atoms with Gasteiger partial charge in [0.25, 0.3) is 0 Å². The van der Waals surface area contributed by atoms with Gasteiger partial charge < -0.3 is 15.8 Å². The number of halogens is 4. The molecule has 0 aromatic heterocycles. The first-order valence-corrected chi connectivity index (χ1v) is 5.23. The van der Waals surface area contributed by atoms with Crippen molar-refractivity contribution in [1.29, 1.82) is 0 Å². The van der Waals surface area contributed by atoms with Gasteiger partial charge in [0.05, 0.1) is 11.4 Å². The molecule has 19 heavy (non-hydrogen) atoms. The van der Waals surface area contributed by atoms with E-state index in [4.69, 9.17) is 5.73 Å². The Hall–Kier alpha value is -1.83. The number of ether oxygens (including phenoxy) is 1. The fourth-order valence-corrected chi connectivity index (χ4v) is 1.13. The van der Waals surface area contributed by atoms with Gasteiger partial charge in [0.1, 0.15) is 12.4 Å². The first-order chi connectivity index (χ1) is 8.70. The Morgan fingerprint density at radius 3 is 2.63 bits per heavy atom. The Kier molecular flexibility index (Phi) is 4.71. The van der Waals surface area contributed by atoms with Gasteiger partial charge in [0.2, 0.25) is 5.91 Å². The summed E-state index contributed by atoms with van der Waals surface area (Å²) in [6.45, 7) is 0.0109. The highest BCUT2D eigenvalue weighted by atomic mass is 19.4. The van der Waals surface area contributed by atoms with Crippen molar-refractivity contribution in [1.82, 2.24) is 0 Å². The highest BCUT2D eigenvalue weighted by Crippen LogP contribution is 2.22. The van der Waals surface area contributed by atoms with Gasteiger partial charge in [-0.05, 0) is 25.1 Å². The van der Waals surface area contributed by atoms with Crippen LogP contribution in [0.3, 0.4) is 0 Å². The lowest BCUT2D eigenvalue weighted by Gasteiger charge is -2.16. The van der Waals surface area contributed by atoms with E-state index < -0.39 is 30.6 Å². The van der Waals surface area contributed by atoms with E-state index in [2.05, 4.69) is 10.1 Å². The van der Waals surface area contributed by atoms with Crippen molar-refractivity contribution in [2.75, 3.05) is 17.7 Å². The Bertz CT molecular complexity index is 462. The number of nitrogen functional groups attached to an aromatic ring is 1. The maximum absolute atomic E-state index is 12.7. The molecule has 0 bridgehead atoms. The van der Waals surface area contributed by atoms with Crippen LogP contribution in [0.4, 0.5) is 28.9 Å². The summed E-state index contributed by atoms with van der Waals surface area (Å²) in [5.74, 6) is -1.40. The van der Waals surface area contributed by atoms with Crippen molar-refractivity contribution in [2.45, 2.75) is 19.2 Å². The minimum atomic E-state index is -4.53. The summed E-state index contributed by atoms with van der Waals surface area (Å²) in [4.78, 5) is 11.3. The number of anilines is 2. The van der Waals surface area contributed by atoms with Gasteiger partial charge in [-0.3, -0.25) is 4.79 Å². The van der Waals surface area contributed by atoms with Crippen LogP contribution in [0.1, 0.15) is 6.92 Å². The largest absolute Gasteiger partial charge is 0.414 e. The quantitative estimate of drug-likeness (QED) is 0.657. The van der Waals surface area contributed by atoms with Crippen LogP contribution >= 0.6 is 0 Å². The third kappa shape index (κ3) is 4.74. The van der Waals surface area contributed by atoms with Gasteiger partial charge in [-0.1, -0.05) is 0 Å². The summed E-state index contributed by atoms with van der Waals surface area (Å²) < 4.78 is 53.4. The Balaban J connectivity index is 2.52. The molecule has 1 amide bonds. The van der Waals surface area contributed by atoms with Gasteiger partial charge in [-0.2, -0.15) is 13.2 Å². The van der Waals surface area contributed by atoms with Crippen LogP contribution in [0.2, 0.25) is 0 Å². The van der Waals surface area contributed by atoms with Gasteiger partial charge in [-0.25, -0.2) is 4.39 Å². The van der Waals surface area contributed by atoms with Gasteiger partial charge in [-0.15, -0.1) is 0 Å². The minimum Gasteiger partial charge on any atom is -0.397 e. The number of carbonyl (C=O) groups is 1. The molecule has 0 aliphatic heterocycles. The average molecular weight is 280 g/mol. The molecule has 0 spiro atoms. The molecule has 4 nitrogen and oxygen atoms in total. The van der Waals surface area contributed by atoms with Crippen LogP contribution in [0.15, 0.2) is 18.2 Å². The average Bonchev–Trinajstić information content (AvgIpc) is 2.28.